The van der Waals surface area contributed by atoms with Gasteiger partial charge >= 0.3 is 18.3 Å². The lowest BCUT2D eigenvalue weighted by Crippen LogP contribution is -2.41. The van der Waals surface area contributed by atoms with Crippen LogP contribution in [0, 0.1) is 0 Å². The fourth-order valence-electron chi connectivity index (χ4n) is 1.23. The number of amides is 2. The highest BCUT2D eigenvalue weighted by Gasteiger charge is 2.48. The van der Waals surface area contributed by atoms with Crippen molar-refractivity contribution in [2.45, 2.75) is 12.3 Å². The van der Waals surface area contributed by atoms with Gasteiger partial charge in [-0.2, -0.15) is 8.78 Å². The van der Waals surface area contributed by atoms with E-state index >= 15 is 0 Å². The van der Waals surface area contributed by atoms with Crippen molar-refractivity contribution >= 4 is 29.1 Å². The number of hydrogen-bond donors (Lipinski definition) is 2. The summed E-state index contributed by atoms with van der Waals surface area (Å²) in [6, 6.07) is 3.27. The molecular weight excluding hydrogens is 304 g/mol. The predicted molar refractivity (Wildman–Crippen MR) is 64.4 cm³/mol. The lowest BCUT2D eigenvalue weighted by atomic mass is 10.1. The van der Waals surface area contributed by atoms with Crippen molar-refractivity contribution in [3.8, 4) is 0 Å². The van der Waals surface area contributed by atoms with E-state index < -0.39 is 24.2 Å². The quantitative estimate of drug-likeness (QED) is 0.839. The fourth-order valence-corrected chi connectivity index (χ4v) is 1.43. The largest absolute Gasteiger partial charge is 0.383 e. The van der Waals surface area contributed by atoms with Crippen molar-refractivity contribution in [3.63, 3.8) is 0 Å². The van der Waals surface area contributed by atoms with Gasteiger partial charge < -0.3 is 10.6 Å². The van der Waals surface area contributed by atoms with Gasteiger partial charge in [-0.05, 0) is 18.2 Å². The summed E-state index contributed by atoms with van der Waals surface area (Å²) in [7, 11) is 1.31. The molecule has 0 fully saturated rings. The maximum absolute atomic E-state index is 12.8. The highest BCUT2D eigenvalue weighted by Crippen LogP contribution is 2.26. The lowest BCUT2D eigenvalue weighted by Gasteiger charge is -2.15. The molecule has 0 heterocycles. The smallest absolute Gasteiger partial charge is 0.355 e. The molecule has 0 saturated heterocycles. The van der Waals surface area contributed by atoms with Crippen LogP contribution in [-0.4, -0.2) is 31.2 Å². The van der Waals surface area contributed by atoms with E-state index in [0.29, 0.717) is 0 Å². The van der Waals surface area contributed by atoms with Crippen molar-refractivity contribution in [3.05, 3.63) is 28.8 Å². The summed E-state index contributed by atoms with van der Waals surface area (Å²) in [5.74, 6) is -7.61. The predicted octanol–water partition coefficient (Wildman–Crippen LogP) is 2.54. The van der Waals surface area contributed by atoms with Crippen LogP contribution in [0.4, 0.5) is 23.2 Å². The first-order chi connectivity index (χ1) is 9.20. The maximum atomic E-state index is 12.8. The molecule has 0 unspecified atom stereocenters. The summed E-state index contributed by atoms with van der Waals surface area (Å²) in [6.07, 6.45) is -4.13. The summed E-state index contributed by atoms with van der Waals surface area (Å²) >= 11 is 5.71. The lowest BCUT2D eigenvalue weighted by molar-refractivity contribution is -0.163. The fraction of sp³-hybridized carbons (Fsp3) is 0.273. The number of benzene rings is 1. The number of hydrogen-bond acceptors (Lipinski definition) is 2. The van der Waals surface area contributed by atoms with Gasteiger partial charge in [-0.25, -0.2) is 8.78 Å². The molecule has 0 saturated carbocycles. The monoisotopic (exact) mass is 312 g/mol. The molecule has 2 N–H and O–H groups in total. The summed E-state index contributed by atoms with van der Waals surface area (Å²) in [5.41, 5.74) is -0.342. The van der Waals surface area contributed by atoms with Gasteiger partial charge in [-0.1, -0.05) is 11.6 Å². The molecule has 1 aromatic carbocycles. The maximum Gasteiger partial charge on any atom is 0.383 e. The highest BCUT2D eigenvalue weighted by molar-refractivity contribution is 6.34. The Labute approximate surface area is 116 Å². The molecule has 0 aliphatic carbocycles. The molecule has 1 aromatic rings. The first-order valence-electron chi connectivity index (χ1n) is 5.19. The minimum Gasteiger partial charge on any atom is -0.355 e. The minimum absolute atomic E-state index is 0.0166. The zero-order valence-electron chi connectivity index (χ0n) is 10.0. The molecule has 20 heavy (non-hydrogen) atoms. The first kappa shape index (κ1) is 16.2. The Morgan fingerprint density at radius 3 is 2.40 bits per heavy atom. The summed E-state index contributed by atoms with van der Waals surface area (Å²) in [4.78, 5) is 22.4. The zero-order chi connectivity index (χ0) is 15.5. The molecule has 0 atom stereocenters. The van der Waals surface area contributed by atoms with Crippen LogP contribution in [0.2, 0.25) is 5.02 Å². The molecule has 0 aliphatic heterocycles. The van der Waals surface area contributed by atoms with E-state index in [1.54, 1.807) is 5.32 Å². The second-order valence-corrected chi connectivity index (χ2v) is 4.06. The Balaban J connectivity index is 3.00. The third kappa shape index (κ3) is 3.38. The third-order valence-electron chi connectivity index (χ3n) is 2.27. The molecule has 0 aromatic heterocycles. The second-order valence-electron chi connectivity index (χ2n) is 3.65. The van der Waals surface area contributed by atoms with Crippen LogP contribution in [-0.2, 0) is 4.79 Å². The number of nitrogens with one attached hydrogen (secondary N) is 2. The van der Waals surface area contributed by atoms with Crippen molar-refractivity contribution in [1.29, 1.82) is 0 Å². The van der Waals surface area contributed by atoms with E-state index in [0.717, 1.165) is 12.1 Å². The molecule has 9 heteroatoms. The SMILES string of the molecule is CNC(=O)c1cc(NC(=O)C(F)(F)C(F)F)ccc1Cl. The standard InChI is InChI=1S/C11H9ClF4N2O2/c1-17-8(19)6-4-5(2-3-7(6)12)18-10(20)11(15,16)9(13)14/h2-4,9H,1H3,(H,17,19)(H,18,20). The normalized spacial score (nSPS) is 11.3. The van der Waals surface area contributed by atoms with Crippen LogP contribution in [0.15, 0.2) is 18.2 Å². The number of alkyl halides is 4. The average molecular weight is 313 g/mol. The topological polar surface area (TPSA) is 58.2 Å². The average Bonchev–Trinajstić information content (AvgIpc) is 2.39. The Hall–Kier alpha value is -1.83. The van der Waals surface area contributed by atoms with Gasteiger partial charge in [0.25, 0.3) is 5.91 Å². The van der Waals surface area contributed by atoms with Crippen molar-refractivity contribution in [2.75, 3.05) is 12.4 Å². The van der Waals surface area contributed by atoms with Gasteiger partial charge in [0.15, 0.2) is 0 Å². The second kappa shape index (κ2) is 6.08. The van der Waals surface area contributed by atoms with Crippen molar-refractivity contribution in [1.82, 2.24) is 5.32 Å². The van der Waals surface area contributed by atoms with E-state index in [9.17, 15) is 27.2 Å². The number of carbonyl (C=O) groups is 2. The Kier molecular flexibility index (Phi) is 4.93. The van der Waals surface area contributed by atoms with Crippen molar-refractivity contribution in [2.24, 2.45) is 0 Å². The first-order valence-corrected chi connectivity index (χ1v) is 5.57. The van der Waals surface area contributed by atoms with Crippen LogP contribution in [0.3, 0.4) is 0 Å². The Morgan fingerprint density at radius 1 is 1.30 bits per heavy atom. The van der Waals surface area contributed by atoms with Gasteiger partial charge in [0.05, 0.1) is 10.6 Å². The van der Waals surface area contributed by atoms with Gasteiger partial charge in [0.2, 0.25) is 0 Å². The number of rotatable bonds is 4. The van der Waals surface area contributed by atoms with E-state index in [1.807, 2.05) is 0 Å². The molecule has 1 rings (SSSR count). The summed E-state index contributed by atoms with van der Waals surface area (Å²) in [5, 5.41) is 3.87. The minimum atomic E-state index is -4.83. The Morgan fingerprint density at radius 2 is 1.90 bits per heavy atom. The van der Waals surface area contributed by atoms with Gasteiger partial charge in [-0.3, -0.25) is 9.59 Å². The summed E-state index contributed by atoms with van der Waals surface area (Å²) < 4.78 is 49.5. The van der Waals surface area contributed by atoms with Crippen LogP contribution < -0.4 is 10.6 Å². The number of anilines is 1. The molecular formula is C11H9ClF4N2O2. The van der Waals surface area contributed by atoms with Gasteiger partial charge in [0.1, 0.15) is 0 Å². The van der Waals surface area contributed by atoms with E-state index in [-0.39, 0.29) is 16.3 Å². The van der Waals surface area contributed by atoms with Crippen molar-refractivity contribution < 1.29 is 27.2 Å². The molecule has 0 aliphatic rings. The van der Waals surface area contributed by atoms with Crippen LogP contribution in [0.25, 0.3) is 0 Å². The van der Waals surface area contributed by atoms with Gasteiger partial charge in [-0.15, -0.1) is 0 Å². The zero-order valence-corrected chi connectivity index (χ0v) is 10.8. The third-order valence-corrected chi connectivity index (χ3v) is 2.60. The molecule has 4 nitrogen and oxygen atoms in total. The van der Waals surface area contributed by atoms with Gasteiger partial charge in [0, 0.05) is 12.7 Å². The summed E-state index contributed by atoms with van der Waals surface area (Å²) in [6.45, 7) is 0. The number of carbonyl (C=O) groups excluding carboxylic acids is 2. The van der Waals surface area contributed by atoms with Crippen LogP contribution in [0.5, 0.6) is 0 Å². The molecule has 0 radical (unpaired) electrons. The van der Waals surface area contributed by atoms with Crippen LogP contribution in [0.1, 0.15) is 10.4 Å². The highest BCUT2D eigenvalue weighted by atomic mass is 35.5. The molecule has 0 spiro atoms. The molecule has 2 amide bonds. The molecule has 0 bridgehead atoms. The number of halogens is 5. The van der Waals surface area contributed by atoms with E-state index in [4.69, 9.17) is 11.6 Å². The van der Waals surface area contributed by atoms with E-state index in [2.05, 4.69) is 5.32 Å². The van der Waals surface area contributed by atoms with Crippen LogP contribution >= 0.6 is 11.6 Å². The van der Waals surface area contributed by atoms with E-state index in [1.165, 1.54) is 13.1 Å². The molecule has 110 valence electrons. The Bertz CT molecular complexity index is 537.